The van der Waals surface area contributed by atoms with Crippen LogP contribution in [-0.2, 0) is 9.53 Å². The second-order valence-corrected chi connectivity index (χ2v) is 6.51. The van der Waals surface area contributed by atoms with Crippen LogP contribution in [0.4, 0.5) is 0 Å². The predicted molar refractivity (Wildman–Crippen MR) is 72.8 cm³/mol. The lowest BCUT2D eigenvalue weighted by molar-refractivity contribution is -0.143. The summed E-state index contributed by atoms with van der Waals surface area (Å²) in [6, 6.07) is 0. The first kappa shape index (κ1) is 13.7. The summed E-state index contributed by atoms with van der Waals surface area (Å²) in [5, 5.41) is 0. The molecule has 0 N–H and O–H groups in total. The molecule has 1 saturated heterocycles. The molecule has 0 aliphatic carbocycles. The zero-order chi connectivity index (χ0) is 12.0. The summed E-state index contributed by atoms with van der Waals surface area (Å²) in [5.41, 5.74) is 0.458. The van der Waals surface area contributed by atoms with Crippen molar-refractivity contribution >= 4 is 29.5 Å². The van der Waals surface area contributed by atoms with Crippen molar-refractivity contribution in [2.75, 3.05) is 11.5 Å². The zero-order valence-corrected chi connectivity index (χ0v) is 11.2. The van der Waals surface area contributed by atoms with Crippen molar-refractivity contribution in [2.45, 2.75) is 30.5 Å². The van der Waals surface area contributed by atoms with Crippen LogP contribution in [-0.4, -0.2) is 28.2 Å². The van der Waals surface area contributed by atoms with Crippen molar-refractivity contribution in [3.63, 3.8) is 0 Å². The van der Waals surface area contributed by atoms with Gasteiger partial charge >= 0.3 is 5.97 Å². The molecule has 2 nitrogen and oxygen atoms in total. The molecule has 1 rings (SSSR count). The van der Waals surface area contributed by atoms with E-state index < -0.39 is 0 Å². The number of hydrogen-bond acceptors (Lipinski definition) is 4. The van der Waals surface area contributed by atoms with Gasteiger partial charge in [-0.15, -0.1) is 30.1 Å². The van der Waals surface area contributed by atoms with E-state index in [4.69, 9.17) is 4.74 Å². The second-order valence-electron chi connectivity index (χ2n) is 3.71. The van der Waals surface area contributed by atoms with Crippen molar-refractivity contribution in [1.29, 1.82) is 0 Å². The van der Waals surface area contributed by atoms with Gasteiger partial charge in [-0.3, -0.25) is 0 Å². The minimum Gasteiger partial charge on any atom is -0.457 e. The van der Waals surface area contributed by atoms with Crippen LogP contribution in [0.1, 0.15) is 19.8 Å². The van der Waals surface area contributed by atoms with Gasteiger partial charge < -0.3 is 4.74 Å². The van der Waals surface area contributed by atoms with E-state index in [-0.39, 0.29) is 12.1 Å². The third-order valence-electron chi connectivity index (χ3n) is 2.16. The minimum absolute atomic E-state index is 0.0722. The van der Waals surface area contributed by atoms with E-state index in [1.807, 2.05) is 29.6 Å². The summed E-state index contributed by atoms with van der Waals surface area (Å²) in [6.07, 6.45) is 3.69. The molecule has 0 amide bonds. The average Bonchev–Trinajstić information content (AvgIpc) is 2.29. The first-order valence-corrected chi connectivity index (χ1v) is 7.45. The van der Waals surface area contributed by atoms with E-state index in [2.05, 4.69) is 13.2 Å². The van der Waals surface area contributed by atoms with Crippen molar-refractivity contribution in [2.24, 2.45) is 0 Å². The molecule has 0 spiro atoms. The fraction of sp³-hybridized carbons (Fsp3) is 0.583. The third kappa shape index (κ3) is 4.26. The van der Waals surface area contributed by atoms with E-state index >= 15 is 0 Å². The number of rotatable bonds is 5. The molecule has 0 aromatic heterocycles. The van der Waals surface area contributed by atoms with Crippen LogP contribution in [0.5, 0.6) is 0 Å². The molecule has 90 valence electrons. The zero-order valence-electron chi connectivity index (χ0n) is 9.61. The Kier molecular flexibility index (Phi) is 6.06. The largest absolute Gasteiger partial charge is 0.457 e. The summed E-state index contributed by atoms with van der Waals surface area (Å²) < 4.78 is 5.78. The van der Waals surface area contributed by atoms with Crippen LogP contribution in [0.2, 0.25) is 0 Å². The van der Waals surface area contributed by atoms with E-state index in [0.717, 1.165) is 11.5 Å². The van der Waals surface area contributed by atoms with Crippen LogP contribution in [0.15, 0.2) is 24.8 Å². The second kappa shape index (κ2) is 7.07. The van der Waals surface area contributed by atoms with E-state index in [1.165, 1.54) is 6.42 Å². The molecule has 16 heavy (non-hydrogen) atoms. The number of hydrogen-bond donors (Lipinski definition) is 0. The van der Waals surface area contributed by atoms with Gasteiger partial charge in [-0.25, -0.2) is 4.79 Å². The van der Waals surface area contributed by atoms with Gasteiger partial charge in [0.2, 0.25) is 0 Å². The van der Waals surface area contributed by atoms with Crippen molar-refractivity contribution in [3.05, 3.63) is 24.8 Å². The molecule has 1 aliphatic rings. The molecule has 1 aliphatic heterocycles. The van der Waals surface area contributed by atoms with E-state index in [0.29, 0.717) is 16.6 Å². The molecule has 0 bridgehead atoms. The van der Waals surface area contributed by atoms with Gasteiger partial charge in [0.25, 0.3) is 0 Å². The SMILES string of the molecule is C=CCC(OC(=O)C(=C)C)C1SCCCS1. The molecule has 4 heteroatoms. The smallest absolute Gasteiger partial charge is 0.333 e. The summed E-state index contributed by atoms with van der Waals surface area (Å²) in [5.74, 6) is 2.00. The molecule has 0 saturated carbocycles. The lowest BCUT2D eigenvalue weighted by atomic mass is 10.2. The minimum atomic E-state index is -0.293. The molecular formula is C12H18O2S2. The lowest BCUT2D eigenvalue weighted by Crippen LogP contribution is -2.29. The lowest BCUT2D eigenvalue weighted by Gasteiger charge is -2.28. The average molecular weight is 258 g/mol. The number of thioether (sulfide) groups is 2. The monoisotopic (exact) mass is 258 g/mol. The van der Waals surface area contributed by atoms with Crippen LogP contribution in [0.3, 0.4) is 0 Å². The number of carbonyl (C=O) groups excluding carboxylic acids is 1. The Morgan fingerprint density at radius 3 is 2.69 bits per heavy atom. The third-order valence-corrected chi connectivity index (χ3v) is 5.29. The maximum atomic E-state index is 11.5. The normalized spacial score (nSPS) is 18.8. The first-order chi connectivity index (χ1) is 7.65. The van der Waals surface area contributed by atoms with Gasteiger partial charge in [0.05, 0.1) is 4.58 Å². The summed E-state index contributed by atoms with van der Waals surface area (Å²) in [6.45, 7) is 8.99. The summed E-state index contributed by atoms with van der Waals surface area (Å²) in [7, 11) is 0. The Balaban J connectivity index is 2.54. The highest BCUT2D eigenvalue weighted by Gasteiger charge is 2.27. The van der Waals surface area contributed by atoms with Gasteiger partial charge in [0, 0.05) is 12.0 Å². The Bertz CT molecular complexity index is 270. The number of carbonyl (C=O) groups is 1. The Morgan fingerprint density at radius 1 is 1.56 bits per heavy atom. The number of ether oxygens (including phenoxy) is 1. The van der Waals surface area contributed by atoms with Gasteiger partial charge in [0.15, 0.2) is 0 Å². The molecular weight excluding hydrogens is 240 g/mol. The van der Waals surface area contributed by atoms with Crippen molar-refractivity contribution in [3.8, 4) is 0 Å². The Hall–Kier alpha value is -0.350. The maximum Gasteiger partial charge on any atom is 0.333 e. The summed E-state index contributed by atoms with van der Waals surface area (Å²) in [4.78, 5) is 11.5. The quantitative estimate of drug-likeness (QED) is 0.429. The highest BCUT2D eigenvalue weighted by Crippen LogP contribution is 2.35. The highest BCUT2D eigenvalue weighted by atomic mass is 32.2. The van der Waals surface area contributed by atoms with Crippen LogP contribution in [0, 0.1) is 0 Å². The molecule has 0 aromatic carbocycles. The first-order valence-electron chi connectivity index (χ1n) is 5.35. The van der Waals surface area contributed by atoms with Gasteiger partial charge in [-0.2, -0.15) is 0 Å². The summed E-state index contributed by atoms with van der Waals surface area (Å²) >= 11 is 3.75. The van der Waals surface area contributed by atoms with Crippen molar-refractivity contribution in [1.82, 2.24) is 0 Å². The molecule has 0 radical (unpaired) electrons. The Morgan fingerprint density at radius 2 is 2.19 bits per heavy atom. The fourth-order valence-corrected chi connectivity index (χ4v) is 4.33. The van der Waals surface area contributed by atoms with E-state index in [9.17, 15) is 4.79 Å². The molecule has 1 heterocycles. The molecule has 1 fully saturated rings. The van der Waals surface area contributed by atoms with Crippen LogP contribution >= 0.6 is 23.5 Å². The molecule has 1 unspecified atom stereocenters. The molecule has 0 aromatic rings. The number of esters is 1. The fourth-order valence-electron chi connectivity index (χ4n) is 1.34. The highest BCUT2D eigenvalue weighted by molar-refractivity contribution is 8.17. The van der Waals surface area contributed by atoms with Gasteiger partial charge in [-0.1, -0.05) is 12.7 Å². The topological polar surface area (TPSA) is 26.3 Å². The predicted octanol–water partition coefficient (Wildman–Crippen LogP) is 3.25. The standard InChI is InChI=1S/C12H18O2S2/c1-4-6-10(14-11(13)9(2)3)12-15-7-5-8-16-12/h4,10,12H,1-2,5-8H2,3H3. The molecule has 1 atom stereocenters. The Labute approximate surface area is 106 Å². The van der Waals surface area contributed by atoms with Crippen LogP contribution < -0.4 is 0 Å². The van der Waals surface area contributed by atoms with E-state index in [1.54, 1.807) is 6.92 Å². The van der Waals surface area contributed by atoms with Gasteiger partial charge in [0.1, 0.15) is 6.10 Å². The maximum absolute atomic E-state index is 11.5. The van der Waals surface area contributed by atoms with Crippen LogP contribution in [0.25, 0.3) is 0 Å². The van der Waals surface area contributed by atoms with Gasteiger partial charge in [-0.05, 0) is 24.9 Å². The van der Waals surface area contributed by atoms with Crippen molar-refractivity contribution < 1.29 is 9.53 Å².